The molecule has 0 spiro atoms. The van der Waals surface area contributed by atoms with Crippen LogP contribution in [0.15, 0.2) is 22.7 Å². The number of halogens is 1. The van der Waals surface area contributed by atoms with Crippen LogP contribution in [-0.2, 0) is 11.3 Å². The van der Waals surface area contributed by atoms with Gasteiger partial charge in [-0.1, -0.05) is 15.9 Å². The zero-order valence-electron chi connectivity index (χ0n) is 11.5. The van der Waals surface area contributed by atoms with Gasteiger partial charge in [-0.2, -0.15) is 0 Å². The Morgan fingerprint density at radius 1 is 1.33 bits per heavy atom. The summed E-state index contributed by atoms with van der Waals surface area (Å²) in [7, 11) is 1.68. The van der Waals surface area contributed by atoms with Crippen LogP contribution in [0.4, 0.5) is 0 Å². The summed E-state index contributed by atoms with van der Waals surface area (Å²) in [4.78, 5) is 0. The van der Waals surface area contributed by atoms with E-state index in [1.807, 2.05) is 25.1 Å². The summed E-state index contributed by atoms with van der Waals surface area (Å²) in [5.74, 6) is 0.874. The highest BCUT2D eigenvalue weighted by Crippen LogP contribution is 2.22. The minimum atomic E-state index is -0.139. The molecule has 0 atom stereocenters. The fraction of sp³-hybridized carbons (Fsp3) is 0.571. The van der Waals surface area contributed by atoms with Crippen molar-refractivity contribution >= 4 is 15.9 Å². The SMILES string of the molecule is CCOC(C)(C)CNCc1cc(OC)ccc1Br. The number of rotatable bonds is 7. The van der Waals surface area contributed by atoms with Crippen molar-refractivity contribution < 1.29 is 9.47 Å². The number of hydrogen-bond donors (Lipinski definition) is 1. The van der Waals surface area contributed by atoms with Gasteiger partial charge in [-0.25, -0.2) is 0 Å². The molecule has 0 fully saturated rings. The van der Waals surface area contributed by atoms with E-state index in [1.54, 1.807) is 7.11 Å². The Hall–Kier alpha value is -0.580. The normalized spacial score (nSPS) is 11.6. The summed E-state index contributed by atoms with van der Waals surface area (Å²) in [6.07, 6.45) is 0. The van der Waals surface area contributed by atoms with Crippen LogP contribution < -0.4 is 10.1 Å². The lowest BCUT2D eigenvalue weighted by Crippen LogP contribution is -2.37. The lowest BCUT2D eigenvalue weighted by molar-refractivity contribution is -0.00898. The van der Waals surface area contributed by atoms with Crippen LogP contribution in [0.1, 0.15) is 26.3 Å². The minimum absolute atomic E-state index is 0.139. The van der Waals surface area contributed by atoms with Gasteiger partial charge in [0.15, 0.2) is 0 Å². The van der Waals surface area contributed by atoms with Gasteiger partial charge in [0, 0.05) is 24.2 Å². The van der Waals surface area contributed by atoms with Crippen LogP contribution in [0, 0.1) is 0 Å². The molecule has 0 saturated carbocycles. The van der Waals surface area contributed by atoms with Crippen molar-refractivity contribution in [1.82, 2.24) is 5.32 Å². The second-order valence-electron chi connectivity index (χ2n) is 4.75. The summed E-state index contributed by atoms with van der Waals surface area (Å²) >= 11 is 3.54. The molecule has 1 aromatic carbocycles. The topological polar surface area (TPSA) is 30.5 Å². The van der Waals surface area contributed by atoms with Gasteiger partial charge in [0.25, 0.3) is 0 Å². The average molecular weight is 316 g/mol. The molecule has 18 heavy (non-hydrogen) atoms. The monoisotopic (exact) mass is 315 g/mol. The third-order valence-corrected chi connectivity index (χ3v) is 3.43. The molecule has 0 amide bonds. The zero-order chi connectivity index (χ0) is 13.6. The maximum Gasteiger partial charge on any atom is 0.119 e. The smallest absolute Gasteiger partial charge is 0.119 e. The highest BCUT2D eigenvalue weighted by molar-refractivity contribution is 9.10. The van der Waals surface area contributed by atoms with Crippen molar-refractivity contribution in [2.24, 2.45) is 0 Å². The highest BCUT2D eigenvalue weighted by atomic mass is 79.9. The number of benzene rings is 1. The molecule has 1 rings (SSSR count). The average Bonchev–Trinajstić information content (AvgIpc) is 2.31. The van der Waals surface area contributed by atoms with E-state index < -0.39 is 0 Å². The van der Waals surface area contributed by atoms with E-state index >= 15 is 0 Å². The first-order valence-corrected chi connectivity index (χ1v) is 6.95. The van der Waals surface area contributed by atoms with E-state index in [4.69, 9.17) is 9.47 Å². The number of methoxy groups -OCH3 is 1. The van der Waals surface area contributed by atoms with Gasteiger partial charge in [-0.15, -0.1) is 0 Å². The van der Waals surface area contributed by atoms with Gasteiger partial charge >= 0.3 is 0 Å². The third-order valence-electron chi connectivity index (χ3n) is 2.65. The predicted octanol–water partition coefficient (Wildman–Crippen LogP) is 3.36. The summed E-state index contributed by atoms with van der Waals surface area (Å²) < 4.78 is 12.0. The Bertz CT molecular complexity index is 380. The van der Waals surface area contributed by atoms with Crippen molar-refractivity contribution in [2.45, 2.75) is 32.9 Å². The molecule has 0 aliphatic heterocycles. The Labute approximate surface area is 118 Å². The van der Waals surface area contributed by atoms with Crippen molar-refractivity contribution in [1.29, 1.82) is 0 Å². The van der Waals surface area contributed by atoms with Crippen LogP contribution >= 0.6 is 15.9 Å². The second-order valence-corrected chi connectivity index (χ2v) is 5.61. The summed E-state index contributed by atoms with van der Waals surface area (Å²) in [5.41, 5.74) is 1.04. The minimum Gasteiger partial charge on any atom is -0.497 e. The lowest BCUT2D eigenvalue weighted by Gasteiger charge is -2.25. The molecular formula is C14H22BrNO2. The summed E-state index contributed by atoms with van der Waals surface area (Å²) in [6, 6.07) is 5.98. The van der Waals surface area contributed by atoms with E-state index in [0.717, 1.165) is 29.9 Å². The molecule has 102 valence electrons. The molecule has 0 radical (unpaired) electrons. The van der Waals surface area contributed by atoms with E-state index in [9.17, 15) is 0 Å². The van der Waals surface area contributed by atoms with Gasteiger partial charge in [0.2, 0.25) is 0 Å². The molecule has 0 unspecified atom stereocenters. The van der Waals surface area contributed by atoms with E-state index in [1.165, 1.54) is 5.56 Å². The predicted molar refractivity (Wildman–Crippen MR) is 78.1 cm³/mol. The largest absolute Gasteiger partial charge is 0.497 e. The molecule has 4 heteroatoms. The van der Waals surface area contributed by atoms with Crippen LogP contribution in [0.2, 0.25) is 0 Å². The van der Waals surface area contributed by atoms with E-state index in [-0.39, 0.29) is 5.60 Å². The first-order chi connectivity index (χ1) is 8.48. The summed E-state index contributed by atoms with van der Waals surface area (Å²) in [5, 5.41) is 3.41. The van der Waals surface area contributed by atoms with Gasteiger partial charge in [-0.05, 0) is 44.5 Å². The molecule has 3 nitrogen and oxygen atoms in total. The van der Waals surface area contributed by atoms with Crippen molar-refractivity contribution in [3.8, 4) is 5.75 Å². The van der Waals surface area contributed by atoms with Crippen molar-refractivity contribution in [3.05, 3.63) is 28.2 Å². The van der Waals surface area contributed by atoms with Gasteiger partial charge in [-0.3, -0.25) is 0 Å². The zero-order valence-corrected chi connectivity index (χ0v) is 13.1. The number of hydrogen-bond acceptors (Lipinski definition) is 3. The molecule has 0 aromatic heterocycles. The molecule has 0 aliphatic carbocycles. The third kappa shape index (κ3) is 4.96. The fourth-order valence-corrected chi connectivity index (χ4v) is 2.14. The summed E-state index contributed by atoms with van der Waals surface area (Å²) in [6.45, 7) is 8.52. The molecule has 0 saturated heterocycles. The molecular weight excluding hydrogens is 294 g/mol. The molecule has 0 heterocycles. The quantitative estimate of drug-likeness (QED) is 0.837. The van der Waals surface area contributed by atoms with Crippen LogP contribution in [0.3, 0.4) is 0 Å². The van der Waals surface area contributed by atoms with Crippen molar-refractivity contribution in [2.75, 3.05) is 20.3 Å². The first-order valence-electron chi connectivity index (χ1n) is 6.15. The van der Waals surface area contributed by atoms with Crippen LogP contribution in [0.5, 0.6) is 5.75 Å². The van der Waals surface area contributed by atoms with E-state index in [2.05, 4.69) is 35.1 Å². The molecule has 1 N–H and O–H groups in total. The first kappa shape index (κ1) is 15.5. The highest BCUT2D eigenvalue weighted by Gasteiger charge is 2.16. The number of nitrogens with one attached hydrogen (secondary N) is 1. The molecule has 0 aliphatic rings. The van der Waals surface area contributed by atoms with Gasteiger partial charge in [0.1, 0.15) is 5.75 Å². The fourth-order valence-electron chi connectivity index (χ4n) is 1.75. The van der Waals surface area contributed by atoms with Gasteiger partial charge < -0.3 is 14.8 Å². The standard InChI is InChI=1S/C14H22BrNO2/c1-5-18-14(2,3)10-16-9-11-8-12(17-4)6-7-13(11)15/h6-8,16H,5,9-10H2,1-4H3. The maximum absolute atomic E-state index is 5.64. The Balaban J connectivity index is 2.53. The Kier molecular flexibility index (Phi) is 6.12. The Morgan fingerprint density at radius 2 is 2.06 bits per heavy atom. The van der Waals surface area contributed by atoms with Crippen LogP contribution in [0.25, 0.3) is 0 Å². The number of ether oxygens (including phenoxy) is 2. The lowest BCUT2D eigenvalue weighted by atomic mass is 10.1. The van der Waals surface area contributed by atoms with Crippen molar-refractivity contribution in [3.63, 3.8) is 0 Å². The Morgan fingerprint density at radius 3 is 2.67 bits per heavy atom. The molecule has 1 aromatic rings. The van der Waals surface area contributed by atoms with Crippen LogP contribution in [-0.4, -0.2) is 25.9 Å². The maximum atomic E-state index is 5.64. The molecule has 0 bridgehead atoms. The van der Waals surface area contributed by atoms with E-state index in [0.29, 0.717) is 0 Å². The van der Waals surface area contributed by atoms with Gasteiger partial charge in [0.05, 0.1) is 12.7 Å². The second kappa shape index (κ2) is 7.12.